The predicted molar refractivity (Wildman–Crippen MR) is 86.2 cm³/mol. The highest BCUT2D eigenvalue weighted by Gasteiger charge is 2.30. The second kappa shape index (κ2) is 6.77. The molecular formula is C15H25N3O2S. The molecule has 1 fully saturated rings. The van der Waals surface area contributed by atoms with E-state index in [1.165, 1.54) is 4.31 Å². The smallest absolute Gasteiger partial charge is 0.244 e. The van der Waals surface area contributed by atoms with Gasteiger partial charge < -0.3 is 10.2 Å². The van der Waals surface area contributed by atoms with Crippen molar-refractivity contribution in [1.82, 2.24) is 9.62 Å². The van der Waals surface area contributed by atoms with Crippen LogP contribution in [0.5, 0.6) is 0 Å². The fourth-order valence-corrected chi connectivity index (χ4v) is 3.88. The maximum atomic E-state index is 12.5. The van der Waals surface area contributed by atoms with Gasteiger partial charge in [0.05, 0.1) is 5.69 Å². The minimum Gasteiger partial charge on any atom is -0.366 e. The summed E-state index contributed by atoms with van der Waals surface area (Å²) in [5, 5.41) is 3.37. The Labute approximate surface area is 128 Å². The van der Waals surface area contributed by atoms with E-state index in [4.69, 9.17) is 0 Å². The van der Waals surface area contributed by atoms with Gasteiger partial charge in [0.1, 0.15) is 4.90 Å². The average Bonchev–Trinajstić information content (AvgIpc) is 2.93. The number of anilines is 1. The molecule has 5 nitrogen and oxygen atoms in total. The van der Waals surface area contributed by atoms with Gasteiger partial charge in [-0.2, -0.15) is 0 Å². The molecule has 1 N–H and O–H groups in total. The summed E-state index contributed by atoms with van der Waals surface area (Å²) in [6.07, 6.45) is 2.20. The van der Waals surface area contributed by atoms with E-state index in [0.29, 0.717) is 10.9 Å². The Bertz CT molecular complexity index is 572. The number of nitrogens with zero attached hydrogens (tertiary/aromatic N) is 2. The molecule has 1 atom stereocenters. The summed E-state index contributed by atoms with van der Waals surface area (Å²) in [7, 11) is -0.266. The van der Waals surface area contributed by atoms with Gasteiger partial charge in [-0.3, -0.25) is 0 Å². The lowest BCUT2D eigenvalue weighted by molar-refractivity contribution is 0.519. The van der Waals surface area contributed by atoms with E-state index in [0.717, 1.165) is 38.2 Å². The largest absolute Gasteiger partial charge is 0.366 e. The van der Waals surface area contributed by atoms with Gasteiger partial charge in [-0.05, 0) is 31.5 Å². The van der Waals surface area contributed by atoms with Crippen LogP contribution in [0.3, 0.4) is 0 Å². The average molecular weight is 311 g/mol. The highest BCUT2D eigenvalue weighted by Crippen LogP contribution is 2.32. The third kappa shape index (κ3) is 3.39. The van der Waals surface area contributed by atoms with E-state index in [-0.39, 0.29) is 0 Å². The Morgan fingerprint density at radius 1 is 1.33 bits per heavy atom. The topological polar surface area (TPSA) is 52.7 Å². The van der Waals surface area contributed by atoms with Crippen LogP contribution in [0.25, 0.3) is 0 Å². The summed E-state index contributed by atoms with van der Waals surface area (Å²) in [4.78, 5) is 2.64. The highest BCUT2D eigenvalue weighted by atomic mass is 32.2. The van der Waals surface area contributed by atoms with Crippen LogP contribution in [0.2, 0.25) is 0 Å². The second-order valence-corrected chi connectivity index (χ2v) is 7.67. The minimum absolute atomic E-state index is 0.364. The molecule has 1 aliphatic rings. The lowest BCUT2D eigenvalue weighted by Crippen LogP contribution is -2.39. The predicted octanol–water partition coefficient (Wildman–Crippen LogP) is 1.52. The number of nitrogens with one attached hydrogen (secondary N) is 1. The second-order valence-electron chi connectivity index (χ2n) is 5.55. The lowest BCUT2D eigenvalue weighted by Gasteiger charge is -2.29. The van der Waals surface area contributed by atoms with Gasteiger partial charge in [0, 0.05) is 33.2 Å². The van der Waals surface area contributed by atoms with Gasteiger partial charge in [-0.1, -0.05) is 19.1 Å². The first-order valence-electron chi connectivity index (χ1n) is 7.47. The van der Waals surface area contributed by atoms with Crippen molar-refractivity contribution in [3.8, 4) is 0 Å². The Hall–Kier alpha value is -1.11. The van der Waals surface area contributed by atoms with Crippen LogP contribution >= 0.6 is 0 Å². The van der Waals surface area contributed by atoms with Gasteiger partial charge in [0.25, 0.3) is 0 Å². The third-order valence-corrected chi connectivity index (χ3v) is 5.80. The van der Waals surface area contributed by atoms with Crippen molar-refractivity contribution in [2.75, 3.05) is 38.6 Å². The van der Waals surface area contributed by atoms with Gasteiger partial charge in [0.2, 0.25) is 10.0 Å². The molecule has 0 saturated carbocycles. The van der Waals surface area contributed by atoms with Crippen molar-refractivity contribution in [3.63, 3.8) is 0 Å². The van der Waals surface area contributed by atoms with Crippen molar-refractivity contribution in [3.05, 3.63) is 24.3 Å². The summed E-state index contributed by atoms with van der Waals surface area (Å²) in [5.41, 5.74) is 0.826. The molecule has 6 heteroatoms. The molecule has 0 aliphatic carbocycles. The van der Waals surface area contributed by atoms with Crippen molar-refractivity contribution in [2.24, 2.45) is 0 Å². The lowest BCUT2D eigenvalue weighted by atomic mass is 10.2. The number of hydrogen-bond acceptors (Lipinski definition) is 4. The zero-order chi connectivity index (χ0) is 15.5. The molecule has 1 aromatic rings. The number of rotatable bonds is 6. The third-order valence-electron chi connectivity index (χ3n) is 3.94. The van der Waals surface area contributed by atoms with Gasteiger partial charge >= 0.3 is 0 Å². The van der Waals surface area contributed by atoms with Gasteiger partial charge in [-0.25, -0.2) is 12.7 Å². The molecule has 1 unspecified atom stereocenters. The summed E-state index contributed by atoms with van der Waals surface area (Å²) in [5.74, 6) is 0. The van der Waals surface area contributed by atoms with Crippen molar-refractivity contribution in [2.45, 2.75) is 30.7 Å². The van der Waals surface area contributed by atoms with E-state index >= 15 is 0 Å². The molecule has 1 saturated heterocycles. The minimum atomic E-state index is -3.42. The normalized spacial score (nSPS) is 19.4. The monoisotopic (exact) mass is 311 g/mol. The van der Waals surface area contributed by atoms with Crippen LogP contribution in [0, 0.1) is 0 Å². The Morgan fingerprint density at radius 2 is 2.05 bits per heavy atom. The van der Waals surface area contributed by atoms with Crippen molar-refractivity contribution < 1.29 is 8.42 Å². The SMILES string of the molecule is CCNCC1CCCN1c1ccccc1S(=O)(=O)N(C)C. The zero-order valence-corrected chi connectivity index (χ0v) is 13.9. The van der Waals surface area contributed by atoms with E-state index in [1.54, 1.807) is 26.2 Å². The fraction of sp³-hybridized carbons (Fsp3) is 0.600. The molecular weight excluding hydrogens is 286 g/mol. The molecule has 21 heavy (non-hydrogen) atoms. The highest BCUT2D eigenvalue weighted by molar-refractivity contribution is 7.89. The Kier molecular flexibility index (Phi) is 5.24. The fourth-order valence-electron chi connectivity index (χ4n) is 2.79. The quantitative estimate of drug-likeness (QED) is 0.865. The van der Waals surface area contributed by atoms with E-state index in [9.17, 15) is 8.42 Å². The molecule has 118 valence electrons. The maximum absolute atomic E-state index is 12.5. The molecule has 0 aromatic heterocycles. The number of hydrogen-bond donors (Lipinski definition) is 1. The summed E-state index contributed by atoms with van der Waals surface area (Å²) in [6.45, 7) is 4.83. The van der Waals surface area contributed by atoms with Crippen molar-refractivity contribution >= 4 is 15.7 Å². The summed E-state index contributed by atoms with van der Waals surface area (Å²) in [6, 6.07) is 7.68. The Balaban J connectivity index is 2.36. The first-order valence-corrected chi connectivity index (χ1v) is 8.91. The van der Waals surface area contributed by atoms with Gasteiger partial charge in [0.15, 0.2) is 0 Å². The van der Waals surface area contributed by atoms with Crippen LogP contribution < -0.4 is 10.2 Å². The molecule has 0 spiro atoms. The number of benzene rings is 1. The van der Waals surface area contributed by atoms with Gasteiger partial charge in [-0.15, -0.1) is 0 Å². The maximum Gasteiger partial charge on any atom is 0.244 e. The van der Waals surface area contributed by atoms with E-state index in [1.807, 2.05) is 12.1 Å². The van der Waals surface area contributed by atoms with E-state index in [2.05, 4.69) is 17.1 Å². The molecule has 1 heterocycles. The number of likely N-dealkylation sites (N-methyl/N-ethyl adjacent to an activating group) is 1. The van der Waals surface area contributed by atoms with Crippen molar-refractivity contribution in [1.29, 1.82) is 0 Å². The van der Waals surface area contributed by atoms with Crippen LogP contribution in [-0.4, -0.2) is 52.5 Å². The van der Waals surface area contributed by atoms with Crippen LogP contribution in [0.1, 0.15) is 19.8 Å². The molecule has 0 radical (unpaired) electrons. The molecule has 2 rings (SSSR count). The molecule has 0 amide bonds. The van der Waals surface area contributed by atoms with Crippen LogP contribution in [0.4, 0.5) is 5.69 Å². The number of para-hydroxylation sites is 1. The first kappa shape index (κ1) is 16.3. The van der Waals surface area contributed by atoms with E-state index < -0.39 is 10.0 Å². The molecule has 0 bridgehead atoms. The Morgan fingerprint density at radius 3 is 2.71 bits per heavy atom. The molecule has 1 aromatic carbocycles. The van der Waals surface area contributed by atoms with Crippen LogP contribution in [-0.2, 0) is 10.0 Å². The summed E-state index contributed by atoms with van der Waals surface area (Å²) < 4.78 is 26.3. The molecule has 1 aliphatic heterocycles. The summed E-state index contributed by atoms with van der Waals surface area (Å²) >= 11 is 0. The zero-order valence-electron chi connectivity index (χ0n) is 13.0. The first-order chi connectivity index (χ1) is 9.98. The standard InChI is InChI=1S/C15H25N3O2S/c1-4-16-12-13-8-7-11-18(13)14-9-5-6-10-15(14)21(19,20)17(2)3/h5-6,9-10,13,16H,4,7-8,11-12H2,1-3H3. The van der Waals surface area contributed by atoms with Crippen LogP contribution in [0.15, 0.2) is 29.2 Å². The number of sulfonamides is 1.